The molecule has 3 aromatic rings. The summed E-state index contributed by atoms with van der Waals surface area (Å²) < 4.78 is 6.81. The Morgan fingerprint density at radius 3 is 2.56 bits per heavy atom. The van der Waals surface area contributed by atoms with Crippen molar-refractivity contribution >= 4 is 32.6 Å². The number of fused-ring (bicyclic) bond motifs is 1. The Hall–Kier alpha value is -2.60. The van der Waals surface area contributed by atoms with E-state index in [0.29, 0.717) is 13.1 Å². The molecule has 27 heavy (non-hydrogen) atoms. The Morgan fingerprint density at radius 2 is 1.81 bits per heavy atom. The first kappa shape index (κ1) is 17.8. The maximum absolute atomic E-state index is 12.4. The van der Waals surface area contributed by atoms with Crippen LogP contribution >= 0.6 is 11.3 Å². The second-order valence-electron chi connectivity index (χ2n) is 6.82. The predicted molar refractivity (Wildman–Crippen MR) is 110 cm³/mol. The van der Waals surface area contributed by atoms with Crippen molar-refractivity contribution in [2.75, 3.05) is 37.7 Å². The fourth-order valence-corrected chi connectivity index (χ4v) is 4.33. The molecule has 1 saturated heterocycles. The van der Waals surface area contributed by atoms with Crippen LogP contribution in [0.25, 0.3) is 10.2 Å². The van der Waals surface area contributed by atoms with Crippen molar-refractivity contribution in [1.29, 1.82) is 0 Å². The van der Waals surface area contributed by atoms with Crippen molar-refractivity contribution in [2.24, 2.45) is 0 Å². The highest BCUT2D eigenvalue weighted by Crippen LogP contribution is 2.32. The molecule has 1 aliphatic rings. The Labute approximate surface area is 163 Å². The molecular weight excluding hydrogens is 358 g/mol. The minimum Gasteiger partial charge on any atom is -0.484 e. The minimum absolute atomic E-state index is 0.0364. The molecule has 0 radical (unpaired) electrons. The van der Waals surface area contributed by atoms with Crippen LogP contribution in [0.15, 0.2) is 42.5 Å². The van der Waals surface area contributed by atoms with E-state index < -0.39 is 0 Å². The van der Waals surface area contributed by atoms with E-state index in [1.54, 1.807) is 11.3 Å². The number of nitrogens with zero attached hydrogens (tertiary/aromatic N) is 3. The molecule has 0 saturated carbocycles. The number of hydrogen-bond acceptors (Lipinski definition) is 5. The average Bonchev–Trinajstić information content (AvgIpc) is 3.15. The number of thiazole rings is 1. The number of rotatable bonds is 4. The molecule has 0 atom stereocenters. The van der Waals surface area contributed by atoms with Gasteiger partial charge < -0.3 is 14.5 Å². The normalized spacial score (nSPS) is 14.6. The van der Waals surface area contributed by atoms with Crippen LogP contribution in [0.4, 0.5) is 5.13 Å². The average molecular weight is 382 g/mol. The zero-order chi connectivity index (χ0) is 18.8. The number of hydrogen-bond donors (Lipinski definition) is 0. The van der Waals surface area contributed by atoms with Crippen LogP contribution in [-0.2, 0) is 4.79 Å². The number of anilines is 1. The number of aryl methyl sites for hydroxylation is 2. The van der Waals surface area contributed by atoms with Crippen molar-refractivity contribution in [3.05, 3.63) is 53.6 Å². The smallest absolute Gasteiger partial charge is 0.260 e. The van der Waals surface area contributed by atoms with E-state index in [4.69, 9.17) is 9.72 Å². The van der Waals surface area contributed by atoms with Gasteiger partial charge in [0, 0.05) is 26.2 Å². The number of amides is 1. The highest BCUT2D eigenvalue weighted by atomic mass is 32.1. The first-order chi connectivity index (χ1) is 13.1. The van der Waals surface area contributed by atoms with E-state index >= 15 is 0 Å². The maximum Gasteiger partial charge on any atom is 0.260 e. The monoisotopic (exact) mass is 381 g/mol. The van der Waals surface area contributed by atoms with E-state index in [0.717, 1.165) is 29.5 Å². The lowest BCUT2D eigenvalue weighted by molar-refractivity contribution is -0.133. The van der Waals surface area contributed by atoms with Gasteiger partial charge >= 0.3 is 0 Å². The van der Waals surface area contributed by atoms with Gasteiger partial charge in [0.25, 0.3) is 5.91 Å². The molecule has 0 N–H and O–H groups in total. The number of carbonyl (C=O) groups is 1. The third-order valence-electron chi connectivity index (χ3n) is 5.08. The van der Waals surface area contributed by atoms with Crippen LogP contribution in [0.2, 0.25) is 0 Å². The number of ether oxygens (including phenoxy) is 1. The highest BCUT2D eigenvalue weighted by molar-refractivity contribution is 7.22. The summed E-state index contributed by atoms with van der Waals surface area (Å²) in [6, 6.07) is 13.8. The Bertz CT molecular complexity index is 947. The van der Waals surface area contributed by atoms with E-state index in [-0.39, 0.29) is 12.5 Å². The van der Waals surface area contributed by atoms with Crippen LogP contribution < -0.4 is 9.64 Å². The minimum atomic E-state index is 0.0364. The van der Waals surface area contributed by atoms with Gasteiger partial charge in [0.1, 0.15) is 5.75 Å². The molecule has 140 valence electrons. The zero-order valence-corrected chi connectivity index (χ0v) is 16.5. The van der Waals surface area contributed by atoms with Gasteiger partial charge in [-0.05, 0) is 43.2 Å². The van der Waals surface area contributed by atoms with Gasteiger partial charge in [0.15, 0.2) is 11.7 Å². The van der Waals surface area contributed by atoms with Gasteiger partial charge in [-0.3, -0.25) is 4.79 Å². The topological polar surface area (TPSA) is 45.7 Å². The van der Waals surface area contributed by atoms with Crippen molar-refractivity contribution in [3.8, 4) is 5.75 Å². The summed E-state index contributed by atoms with van der Waals surface area (Å²) in [5.74, 6) is 0.763. The Kier molecular flexibility index (Phi) is 4.99. The number of benzene rings is 2. The zero-order valence-electron chi connectivity index (χ0n) is 15.6. The van der Waals surface area contributed by atoms with E-state index in [9.17, 15) is 4.79 Å². The fraction of sp³-hybridized carbons (Fsp3) is 0.333. The van der Waals surface area contributed by atoms with E-state index in [1.165, 1.54) is 15.8 Å². The lowest BCUT2D eigenvalue weighted by atomic mass is 10.1. The molecule has 4 rings (SSSR count). The van der Waals surface area contributed by atoms with E-state index in [1.807, 2.05) is 35.2 Å². The van der Waals surface area contributed by atoms with Crippen molar-refractivity contribution in [1.82, 2.24) is 9.88 Å². The molecule has 0 bridgehead atoms. The van der Waals surface area contributed by atoms with Crippen LogP contribution in [0, 0.1) is 13.8 Å². The fourth-order valence-electron chi connectivity index (χ4n) is 3.25. The summed E-state index contributed by atoms with van der Waals surface area (Å²) in [6.07, 6.45) is 0. The van der Waals surface area contributed by atoms with Gasteiger partial charge in [-0.25, -0.2) is 4.98 Å². The van der Waals surface area contributed by atoms with Gasteiger partial charge in [-0.2, -0.15) is 0 Å². The number of aromatic nitrogens is 1. The molecule has 1 aromatic heterocycles. The standard InChI is InChI=1S/C21H23N3O2S/c1-15-8-9-18-20(16(15)2)22-21(27-18)24-12-10-23(11-13-24)19(25)14-26-17-6-4-3-5-7-17/h3-9H,10-14H2,1-2H3. The van der Waals surface area contributed by atoms with Crippen LogP contribution in [0.5, 0.6) is 5.75 Å². The number of para-hydroxylation sites is 1. The molecule has 2 heterocycles. The van der Waals surface area contributed by atoms with Crippen LogP contribution in [0.3, 0.4) is 0 Å². The predicted octanol–water partition coefficient (Wildman–Crippen LogP) is 3.64. The van der Waals surface area contributed by atoms with E-state index in [2.05, 4.69) is 30.9 Å². The van der Waals surface area contributed by atoms with Crippen molar-refractivity contribution in [2.45, 2.75) is 13.8 Å². The largest absolute Gasteiger partial charge is 0.484 e. The summed E-state index contributed by atoms with van der Waals surface area (Å²) in [4.78, 5) is 21.4. The van der Waals surface area contributed by atoms with Crippen LogP contribution in [0.1, 0.15) is 11.1 Å². The van der Waals surface area contributed by atoms with Gasteiger partial charge in [0.2, 0.25) is 0 Å². The van der Waals surface area contributed by atoms with Crippen molar-refractivity contribution in [3.63, 3.8) is 0 Å². The molecule has 2 aromatic carbocycles. The molecule has 6 heteroatoms. The Morgan fingerprint density at radius 1 is 1.07 bits per heavy atom. The maximum atomic E-state index is 12.4. The first-order valence-corrected chi connectivity index (χ1v) is 10.0. The first-order valence-electron chi connectivity index (χ1n) is 9.19. The molecule has 1 amide bonds. The summed E-state index contributed by atoms with van der Waals surface area (Å²) in [7, 11) is 0. The number of piperazine rings is 1. The van der Waals surface area contributed by atoms with Gasteiger partial charge in [-0.1, -0.05) is 35.6 Å². The highest BCUT2D eigenvalue weighted by Gasteiger charge is 2.23. The molecule has 1 fully saturated rings. The van der Waals surface area contributed by atoms with Crippen molar-refractivity contribution < 1.29 is 9.53 Å². The summed E-state index contributed by atoms with van der Waals surface area (Å²) >= 11 is 1.73. The molecule has 0 spiro atoms. The quantitative estimate of drug-likeness (QED) is 0.692. The lowest BCUT2D eigenvalue weighted by Gasteiger charge is -2.34. The van der Waals surface area contributed by atoms with Gasteiger partial charge in [0.05, 0.1) is 10.2 Å². The summed E-state index contributed by atoms with van der Waals surface area (Å²) in [6.45, 7) is 7.34. The van der Waals surface area contributed by atoms with Gasteiger partial charge in [-0.15, -0.1) is 0 Å². The summed E-state index contributed by atoms with van der Waals surface area (Å²) in [5, 5.41) is 1.05. The molecule has 0 unspecified atom stereocenters. The Balaban J connectivity index is 1.36. The molecule has 1 aliphatic heterocycles. The third-order valence-corrected chi connectivity index (χ3v) is 6.16. The second kappa shape index (κ2) is 7.56. The summed E-state index contributed by atoms with van der Waals surface area (Å²) in [5.41, 5.74) is 3.62. The second-order valence-corrected chi connectivity index (χ2v) is 7.83. The SMILES string of the molecule is Cc1ccc2sc(N3CCN(C(=O)COc4ccccc4)CC3)nc2c1C. The number of carbonyl (C=O) groups excluding carboxylic acids is 1. The molecule has 0 aliphatic carbocycles. The lowest BCUT2D eigenvalue weighted by Crippen LogP contribution is -2.50. The molecule has 5 nitrogen and oxygen atoms in total. The molecular formula is C21H23N3O2S. The third kappa shape index (κ3) is 3.76. The van der Waals surface area contributed by atoms with Crippen LogP contribution in [-0.4, -0.2) is 48.6 Å².